The van der Waals surface area contributed by atoms with Gasteiger partial charge >= 0.3 is 0 Å². The maximum absolute atomic E-state index is 12.2. The highest BCUT2D eigenvalue weighted by Crippen LogP contribution is 2.11. The number of aliphatic imine (C=N–C) groups is 1. The number of benzene rings is 2. The third-order valence-electron chi connectivity index (χ3n) is 3.45. The molecule has 0 aliphatic carbocycles. The molecule has 142 valence electrons. The third-order valence-corrected chi connectivity index (χ3v) is 5.00. The molecule has 2 N–H and O–H groups in total. The van der Waals surface area contributed by atoms with Gasteiger partial charge in [-0.25, -0.2) is 4.99 Å². The van der Waals surface area contributed by atoms with Crippen LogP contribution in [0.25, 0.3) is 0 Å². The van der Waals surface area contributed by atoms with Crippen molar-refractivity contribution in [3.8, 4) is 0 Å². The van der Waals surface area contributed by atoms with E-state index in [0.29, 0.717) is 29.6 Å². The monoisotopic (exact) mass is 505 g/mol. The van der Waals surface area contributed by atoms with Crippen LogP contribution in [0.5, 0.6) is 0 Å². The van der Waals surface area contributed by atoms with E-state index in [9.17, 15) is 4.21 Å². The van der Waals surface area contributed by atoms with Gasteiger partial charge in [-0.2, -0.15) is 0 Å². The van der Waals surface area contributed by atoms with Gasteiger partial charge in [-0.3, -0.25) is 4.21 Å². The van der Waals surface area contributed by atoms with Crippen LogP contribution in [-0.2, 0) is 23.1 Å². The maximum atomic E-state index is 12.2. The normalized spacial score (nSPS) is 12.2. The van der Waals surface area contributed by atoms with E-state index in [-0.39, 0.29) is 24.0 Å². The van der Waals surface area contributed by atoms with E-state index in [2.05, 4.69) is 15.6 Å². The van der Waals surface area contributed by atoms with Crippen LogP contribution in [-0.4, -0.2) is 29.0 Å². The van der Waals surface area contributed by atoms with Crippen LogP contribution < -0.4 is 10.6 Å². The first kappa shape index (κ1) is 22.9. The van der Waals surface area contributed by atoms with Gasteiger partial charge < -0.3 is 10.6 Å². The number of halogens is 2. The van der Waals surface area contributed by atoms with E-state index >= 15 is 0 Å². The van der Waals surface area contributed by atoms with Crippen molar-refractivity contribution in [1.29, 1.82) is 0 Å². The van der Waals surface area contributed by atoms with Crippen molar-refractivity contribution in [1.82, 2.24) is 10.6 Å². The van der Waals surface area contributed by atoms with E-state index in [0.717, 1.165) is 23.6 Å². The number of rotatable bonds is 8. The topological polar surface area (TPSA) is 53.5 Å². The number of hydrogen-bond acceptors (Lipinski definition) is 2. The Morgan fingerprint density at radius 3 is 2.50 bits per heavy atom. The highest BCUT2D eigenvalue weighted by atomic mass is 127. The Labute approximate surface area is 180 Å². The van der Waals surface area contributed by atoms with Crippen LogP contribution in [0.15, 0.2) is 59.6 Å². The molecule has 0 aromatic heterocycles. The summed E-state index contributed by atoms with van der Waals surface area (Å²) in [5, 5.41) is 7.14. The molecule has 0 spiro atoms. The molecule has 0 bridgehead atoms. The molecule has 0 saturated carbocycles. The molecule has 0 fully saturated rings. The fourth-order valence-electron chi connectivity index (χ4n) is 2.26. The van der Waals surface area contributed by atoms with E-state index in [1.54, 1.807) is 0 Å². The van der Waals surface area contributed by atoms with Crippen molar-refractivity contribution in [3.05, 3.63) is 70.7 Å². The lowest BCUT2D eigenvalue weighted by molar-refractivity contribution is 0.680. The van der Waals surface area contributed by atoms with E-state index < -0.39 is 10.8 Å². The lowest BCUT2D eigenvalue weighted by Gasteiger charge is -2.11. The van der Waals surface area contributed by atoms with Crippen LogP contribution in [0, 0.1) is 0 Å². The second-order valence-electron chi connectivity index (χ2n) is 5.53. The van der Waals surface area contributed by atoms with Crippen LogP contribution in [0.4, 0.5) is 0 Å². The predicted octanol–water partition coefficient (Wildman–Crippen LogP) is 3.96. The standard InChI is InChI=1S/C19H24ClN3OS.HI/c1-2-21-19(23-14-17-9-6-10-18(20)13-17)22-11-12-25(24)15-16-7-4-3-5-8-16;/h3-10,13H,2,11-12,14-15H2,1H3,(H2,21,22,23);1H. The largest absolute Gasteiger partial charge is 0.357 e. The lowest BCUT2D eigenvalue weighted by Crippen LogP contribution is -2.39. The molecule has 0 saturated heterocycles. The zero-order chi connectivity index (χ0) is 17.9. The summed E-state index contributed by atoms with van der Waals surface area (Å²) in [5.74, 6) is 1.88. The summed E-state index contributed by atoms with van der Waals surface area (Å²) < 4.78 is 12.2. The smallest absolute Gasteiger partial charge is 0.191 e. The maximum Gasteiger partial charge on any atom is 0.191 e. The average Bonchev–Trinajstić information content (AvgIpc) is 2.60. The first-order chi connectivity index (χ1) is 12.2. The van der Waals surface area contributed by atoms with Gasteiger partial charge in [0.2, 0.25) is 0 Å². The number of nitrogens with one attached hydrogen (secondary N) is 2. The Balaban J connectivity index is 0.00000338. The first-order valence-electron chi connectivity index (χ1n) is 8.33. The second kappa shape index (κ2) is 13.1. The second-order valence-corrected chi connectivity index (χ2v) is 7.54. The molecule has 2 rings (SSSR count). The summed E-state index contributed by atoms with van der Waals surface area (Å²) in [6.45, 7) is 3.95. The average molecular weight is 506 g/mol. The molecule has 26 heavy (non-hydrogen) atoms. The Morgan fingerprint density at radius 2 is 1.81 bits per heavy atom. The van der Waals surface area contributed by atoms with Gasteiger partial charge in [0.1, 0.15) is 0 Å². The van der Waals surface area contributed by atoms with Gasteiger partial charge in [0.05, 0.1) is 6.54 Å². The Kier molecular flexibility index (Phi) is 11.6. The van der Waals surface area contributed by atoms with Gasteiger partial charge in [-0.05, 0) is 30.2 Å². The molecule has 2 aromatic rings. The first-order valence-corrected chi connectivity index (χ1v) is 10.2. The minimum absolute atomic E-state index is 0. The van der Waals surface area contributed by atoms with Gasteiger partial charge in [0.15, 0.2) is 5.96 Å². The van der Waals surface area contributed by atoms with Gasteiger partial charge in [-0.15, -0.1) is 24.0 Å². The molecular formula is C19H25ClIN3OS. The van der Waals surface area contributed by atoms with Crippen molar-refractivity contribution in [2.75, 3.05) is 18.8 Å². The van der Waals surface area contributed by atoms with Crippen LogP contribution in [0.3, 0.4) is 0 Å². The minimum Gasteiger partial charge on any atom is -0.357 e. The van der Waals surface area contributed by atoms with Crippen LogP contribution in [0.1, 0.15) is 18.1 Å². The van der Waals surface area contributed by atoms with E-state index in [1.165, 1.54) is 0 Å². The summed E-state index contributed by atoms with van der Waals surface area (Å²) >= 11 is 5.99. The Hall–Kier alpha value is -1.12. The molecule has 0 heterocycles. The lowest BCUT2D eigenvalue weighted by atomic mass is 10.2. The molecule has 0 radical (unpaired) electrons. The summed E-state index contributed by atoms with van der Waals surface area (Å²) in [5.41, 5.74) is 2.15. The Morgan fingerprint density at radius 1 is 1.08 bits per heavy atom. The fourth-order valence-corrected chi connectivity index (χ4v) is 3.51. The van der Waals surface area contributed by atoms with Crippen molar-refractivity contribution in [2.45, 2.75) is 19.2 Å². The highest BCUT2D eigenvalue weighted by Gasteiger charge is 2.03. The van der Waals surface area contributed by atoms with Crippen molar-refractivity contribution in [2.24, 2.45) is 4.99 Å². The fraction of sp³-hybridized carbons (Fsp3) is 0.316. The highest BCUT2D eigenvalue weighted by molar-refractivity contribution is 14.0. The summed E-state index contributed by atoms with van der Waals surface area (Å²) in [6.07, 6.45) is 0. The molecule has 1 atom stereocenters. The quantitative estimate of drug-likeness (QED) is 0.324. The van der Waals surface area contributed by atoms with Crippen molar-refractivity contribution >= 4 is 52.3 Å². The zero-order valence-corrected chi connectivity index (χ0v) is 18.7. The molecule has 1 unspecified atom stereocenters. The third kappa shape index (κ3) is 9.00. The zero-order valence-electron chi connectivity index (χ0n) is 14.8. The SMILES string of the molecule is CCNC(=NCc1cccc(Cl)c1)NCCS(=O)Cc1ccccc1.I. The number of hydrogen-bond donors (Lipinski definition) is 2. The minimum atomic E-state index is -0.897. The number of guanidine groups is 1. The molecule has 0 aliphatic rings. The van der Waals surface area contributed by atoms with E-state index in [4.69, 9.17) is 11.6 Å². The summed E-state index contributed by atoms with van der Waals surface area (Å²) in [7, 11) is -0.897. The van der Waals surface area contributed by atoms with Gasteiger partial charge in [0, 0.05) is 40.4 Å². The molecule has 0 aliphatic heterocycles. The van der Waals surface area contributed by atoms with Crippen LogP contribution in [0.2, 0.25) is 5.02 Å². The Bertz CT molecular complexity index is 713. The predicted molar refractivity (Wildman–Crippen MR) is 123 cm³/mol. The van der Waals surface area contributed by atoms with Crippen LogP contribution >= 0.6 is 35.6 Å². The van der Waals surface area contributed by atoms with Gasteiger partial charge in [0.25, 0.3) is 0 Å². The summed E-state index contributed by atoms with van der Waals surface area (Å²) in [4.78, 5) is 4.54. The van der Waals surface area contributed by atoms with Gasteiger partial charge in [-0.1, -0.05) is 54.1 Å². The molecule has 2 aromatic carbocycles. The van der Waals surface area contributed by atoms with E-state index in [1.807, 2.05) is 61.5 Å². The van der Waals surface area contributed by atoms with Crippen molar-refractivity contribution < 1.29 is 4.21 Å². The van der Waals surface area contributed by atoms with Crippen molar-refractivity contribution in [3.63, 3.8) is 0 Å². The molecular weight excluding hydrogens is 481 g/mol. The molecule has 0 amide bonds. The molecule has 7 heteroatoms. The number of nitrogens with zero attached hydrogens (tertiary/aromatic N) is 1. The summed E-state index contributed by atoms with van der Waals surface area (Å²) in [6, 6.07) is 17.6. The molecule has 4 nitrogen and oxygen atoms in total.